The van der Waals surface area contributed by atoms with Crippen LogP contribution >= 0.6 is 34.8 Å². The Morgan fingerprint density at radius 1 is 1.29 bits per heavy atom. The lowest BCUT2D eigenvalue weighted by atomic mass is 9.97. The van der Waals surface area contributed by atoms with Crippen LogP contribution in [0, 0.1) is 0 Å². The number of hydrogen-bond donors (Lipinski definition) is 6. The zero-order chi connectivity index (χ0) is 16.4. The molecule has 21 heavy (non-hydrogen) atoms. The Morgan fingerprint density at radius 3 is 2.33 bits per heavy atom. The molecular weight excluding hydrogens is 356 g/mol. The van der Waals surface area contributed by atoms with Crippen molar-refractivity contribution in [2.45, 2.75) is 34.1 Å². The first kappa shape index (κ1) is 18.9. The van der Waals surface area contributed by atoms with Gasteiger partial charge in [0.2, 0.25) is 3.79 Å². The number of aliphatic hydroxyl groups excluding tert-OH is 4. The van der Waals surface area contributed by atoms with Gasteiger partial charge in [-0.3, -0.25) is 5.32 Å². The summed E-state index contributed by atoms with van der Waals surface area (Å²) in [6, 6.07) is 0. The van der Waals surface area contributed by atoms with Gasteiger partial charge in [-0.15, -0.1) is 0 Å². The van der Waals surface area contributed by atoms with Crippen LogP contribution in [0.3, 0.4) is 0 Å². The molecule has 1 heterocycles. The molecule has 0 aromatic rings. The van der Waals surface area contributed by atoms with Crippen LogP contribution in [0.1, 0.15) is 0 Å². The highest BCUT2D eigenvalue weighted by atomic mass is 35.6. The minimum atomic E-state index is -2.81. The molecule has 9 nitrogen and oxygen atoms in total. The van der Waals surface area contributed by atoms with Gasteiger partial charge in [0.15, 0.2) is 6.10 Å². The van der Waals surface area contributed by atoms with E-state index in [4.69, 9.17) is 44.6 Å². The average molecular weight is 371 g/mol. The topological polar surface area (TPSA) is 149 Å². The monoisotopic (exact) mass is 369 g/mol. The fourth-order valence-corrected chi connectivity index (χ4v) is 1.75. The summed E-state index contributed by atoms with van der Waals surface area (Å²) in [5, 5.41) is 49.3. The molecule has 124 valence electrons. The van der Waals surface area contributed by atoms with Crippen molar-refractivity contribution in [3.05, 3.63) is 0 Å². The van der Waals surface area contributed by atoms with Gasteiger partial charge in [-0.1, -0.05) is 34.8 Å². The summed E-state index contributed by atoms with van der Waals surface area (Å²) in [6.45, 7) is -1.46. The van der Waals surface area contributed by atoms with Gasteiger partial charge in [-0.05, 0) is 0 Å². The predicted molar refractivity (Wildman–Crippen MR) is 69.7 cm³/mol. The number of hydrogen-bond acceptors (Lipinski definition) is 8. The number of amides is 1. The SMILES string of the molecule is O=C(NC1(O)O[C@H](CO)[C@@H](O)[C@H](O)[C@H]1O)OCC(Cl)(Cl)Cl. The standard InChI is InChI=1S/C9H14Cl3NO8/c10-8(11,12)2-20-7(18)13-9(19)6(17)5(16)4(15)3(1-14)21-9/h3-6,14-17,19H,1-2H2,(H,13,18)/t3-,4-,5+,6-,9?/m1/s1. The number of nitrogens with one attached hydrogen (secondary N) is 1. The van der Waals surface area contributed by atoms with Crippen molar-refractivity contribution in [3.63, 3.8) is 0 Å². The first-order valence-corrected chi connectivity index (χ1v) is 6.70. The highest BCUT2D eigenvalue weighted by molar-refractivity contribution is 6.67. The van der Waals surface area contributed by atoms with Gasteiger partial charge in [0, 0.05) is 0 Å². The van der Waals surface area contributed by atoms with Crippen molar-refractivity contribution in [2.24, 2.45) is 0 Å². The van der Waals surface area contributed by atoms with E-state index in [1.54, 1.807) is 5.32 Å². The van der Waals surface area contributed by atoms with E-state index in [-0.39, 0.29) is 0 Å². The largest absolute Gasteiger partial charge is 0.445 e. The number of carbonyl (C=O) groups excluding carboxylic acids is 1. The van der Waals surface area contributed by atoms with Gasteiger partial charge < -0.3 is 35.0 Å². The Hall–Kier alpha value is -0.100. The van der Waals surface area contributed by atoms with E-state index in [1.165, 1.54) is 0 Å². The summed E-state index contributed by atoms with van der Waals surface area (Å²) >= 11 is 16.0. The van der Waals surface area contributed by atoms with Crippen LogP contribution in [0.15, 0.2) is 0 Å². The molecule has 0 aliphatic carbocycles. The maximum absolute atomic E-state index is 11.4. The molecule has 1 unspecified atom stereocenters. The second-order valence-corrected chi connectivity index (χ2v) is 6.79. The maximum Gasteiger partial charge on any atom is 0.411 e. The molecule has 12 heteroatoms. The maximum atomic E-state index is 11.4. The quantitative estimate of drug-likeness (QED) is 0.252. The predicted octanol–water partition coefficient (Wildman–Crippen LogP) is -1.80. The normalized spacial score (nSPS) is 37.1. The molecule has 0 aromatic carbocycles. The van der Waals surface area contributed by atoms with Crippen molar-refractivity contribution in [2.75, 3.05) is 13.2 Å². The Bertz CT molecular complexity index is 378. The van der Waals surface area contributed by atoms with Crippen molar-refractivity contribution in [1.29, 1.82) is 0 Å². The third kappa shape index (κ3) is 4.95. The Labute approximate surface area is 133 Å². The third-order valence-corrected chi connectivity index (χ3v) is 2.94. The molecule has 0 spiro atoms. The molecule has 0 aromatic heterocycles. The molecule has 6 N–H and O–H groups in total. The minimum Gasteiger partial charge on any atom is -0.445 e. The van der Waals surface area contributed by atoms with Crippen LogP contribution < -0.4 is 5.32 Å². The van der Waals surface area contributed by atoms with E-state index >= 15 is 0 Å². The number of rotatable bonds is 3. The van der Waals surface area contributed by atoms with Crippen LogP contribution in [-0.2, 0) is 9.47 Å². The summed E-state index contributed by atoms with van der Waals surface area (Å²) in [4.78, 5) is 11.4. The summed E-state index contributed by atoms with van der Waals surface area (Å²) < 4.78 is 7.31. The molecule has 5 atom stereocenters. The van der Waals surface area contributed by atoms with Gasteiger partial charge in [-0.2, -0.15) is 0 Å². The Kier molecular flexibility index (Phi) is 6.30. The molecule has 1 aliphatic rings. The summed E-state index contributed by atoms with van der Waals surface area (Å²) in [5.41, 5.74) is 0. The number of alkyl carbamates (subject to hydrolysis) is 1. The van der Waals surface area contributed by atoms with Gasteiger partial charge in [0.25, 0.3) is 5.91 Å². The van der Waals surface area contributed by atoms with Crippen molar-refractivity contribution >= 4 is 40.9 Å². The van der Waals surface area contributed by atoms with Crippen LogP contribution in [-0.4, -0.2) is 79.0 Å². The van der Waals surface area contributed by atoms with E-state index in [9.17, 15) is 25.2 Å². The number of carbonyl (C=O) groups is 1. The number of halogens is 3. The summed E-state index contributed by atoms with van der Waals surface area (Å²) in [7, 11) is 0. The van der Waals surface area contributed by atoms with E-state index in [2.05, 4.69) is 4.74 Å². The minimum absolute atomic E-state index is 0.662. The molecule has 0 saturated carbocycles. The van der Waals surface area contributed by atoms with Crippen molar-refractivity contribution in [1.82, 2.24) is 5.32 Å². The van der Waals surface area contributed by atoms with E-state index in [0.29, 0.717) is 0 Å². The summed E-state index contributed by atoms with van der Waals surface area (Å²) in [6.07, 6.45) is -8.47. The zero-order valence-corrected chi connectivity index (χ0v) is 12.6. The molecule has 0 bridgehead atoms. The Morgan fingerprint density at radius 2 is 1.86 bits per heavy atom. The second kappa shape index (κ2) is 6.99. The van der Waals surface area contributed by atoms with Crippen molar-refractivity contribution in [3.8, 4) is 0 Å². The number of alkyl halides is 3. The lowest BCUT2D eigenvalue weighted by molar-refractivity contribution is -0.357. The lowest BCUT2D eigenvalue weighted by Gasteiger charge is -2.44. The van der Waals surface area contributed by atoms with E-state index in [1.807, 2.05) is 0 Å². The fourth-order valence-electron chi connectivity index (χ4n) is 1.59. The molecule has 1 saturated heterocycles. The smallest absolute Gasteiger partial charge is 0.411 e. The molecule has 1 fully saturated rings. The van der Waals surface area contributed by atoms with Gasteiger partial charge in [0.1, 0.15) is 24.9 Å². The van der Waals surface area contributed by atoms with Crippen LogP contribution in [0.5, 0.6) is 0 Å². The average Bonchev–Trinajstić information content (AvgIpc) is 2.38. The van der Waals surface area contributed by atoms with E-state index in [0.717, 1.165) is 0 Å². The highest BCUT2D eigenvalue weighted by Crippen LogP contribution is 2.28. The summed E-state index contributed by atoms with van der Waals surface area (Å²) in [5.74, 6) is -2.81. The first-order valence-electron chi connectivity index (χ1n) is 5.57. The molecular formula is C9H14Cl3NO8. The van der Waals surface area contributed by atoms with Gasteiger partial charge in [0.05, 0.1) is 6.61 Å². The van der Waals surface area contributed by atoms with Crippen LogP contribution in [0.4, 0.5) is 4.79 Å². The molecule has 1 aliphatic heterocycles. The van der Waals surface area contributed by atoms with Gasteiger partial charge in [-0.25, -0.2) is 4.79 Å². The molecule has 1 rings (SSSR count). The third-order valence-electron chi connectivity index (χ3n) is 2.61. The highest BCUT2D eigenvalue weighted by Gasteiger charge is 2.54. The van der Waals surface area contributed by atoms with Crippen LogP contribution in [0.2, 0.25) is 0 Å². The first-order chi connectivity index (χ1) is 9.50. The number of ether oxygens (including phenoxy) is 2. The second-order valence-electron chi connectivity index (χ2n) is 4.28. The van der Waals surface area contributed by atoms with Gasteiger partial charge >= 0.3 is 6.09 Å². The molecule has 1 amide bonds. The molecule has 0 radical (unpaired) electrons. The zero-order valence-electron chi connectivity index (χ0n) is 10.3. The number of aliphatic hydroxyl groups is 5. The van der Waals surface area contributed by atoms with Crippen LogP contribution in [0.25, 0.3) is 0 Å². The lowest BCUT2D eigenvalue weighted by Crippen LogP contribution is -2.71. The van der Waals surface area contributed by atoms with Crippen molar-refractivity contribution < 1.29 is 39.8 Å². The fraction of sp³-hybridized carbons (Fsp3) is 0.889. The van der Waals surface area contributed by atoms with E-state index < -0.39 is 53.4 Å². The Balaban J connectivity index is 2.72.